The van der Waals surface area contributed by atoms with Gasteiger partial charge in [0.15, 0.2) is 0 Å². The first kappa shape index (κ1) is 18.2. The van der Waals surface area contributed by atoms with Crippen LogP contribution in [-0.4, -0.2) is 38.8 Å². The van der Waals surface area contributed by atoms with E-state index in [0.29, 0.717) is 22.1 Å². The second-order valence-corrected chi connectivity index (χ2v) is 6.01. The van der Waals surface area contributed by atoms with E-state index in [2.05, 4.69) is 5.32 Å². The van der Waals surface area contributed by atoms with E-state index >= 15 is 0 Å². The molecule has 5 N–H and O–H groups in total. The van der Waals surface area contributed by atoms with Gasteiger partial charge in [0, 0.05) is 11.1 Å². The molecule has 0 aliphatic heterocycles. The van der Waals surface area contributed by atoms with E-state index in [1.54, 1.807) is 0 Å². The maximum Gasteiger partial charge on any atom is 0.416 e. The monoisotopic (exact) mass is 367 g/mol. The third-order valence-corrected chi connectivity index (χ3v) is 4.11. The summed E-state index contributed by atoms with van der Waals surface area (Å²) < 4.78 is 0.685. The molecule has 27 heavy (non-hydrogen) atoms. The number of carbonyl (C=O) groups excluding carboxylic acids is 1. The van der Waals surface area contributed by atoms with E-state index in [1.165, 1.54) is 24.3 Å². The molecule has 138 valence electrons. The van der Waals surface area contributed by atoms with Crippen LogP contribution in [0.15, 0.2) is 54.6 Å². The minimum atomic E-state index is -1.40. The highest BCUT2D eigenvalue weighted by Crippen LogP contribution is 2.24. The summed E-state index contributed by atoms with van der Waals surface area (Å²) in [6.07, 6.45) is -1.03. The van der Waals surface area contributed by atoms with Gasteiger partial charge in [0.1, 0.15) is 5.69 Å². The van der Waals surface area contributed by atoms with Crippen LogP contribution in [0.5, 0.6) is 0 Å². The number of amides is 1. The Morgan fingerprint density at radius 2 is 1.74 bits per heavy atom. The highest BCUT2D eigenvalue weighted by Gasteiger charge is 2.20. The summed E-state index contributed by atoms with van der Waals surface area (Å²) in [6, 6.07) is 14.3. The number of nitrogens with one attached hydrogen (secondary N) is 1. The normalized spacial score (nSPS) is 11.9. The minimum absolute atomic E-state index is 0.214. The second kappa shape index (κ2) is 7.30. The zero-order chi connectivity index (χ0) is 19.6. The number of benzene rings is 2. The number of nitrogens with zero attached hydrogens (tertiary/aromatic N) is 1. The van der Waals surface area contributed by atoms with Gasteiger partial charge in [-0.25, -0.2) is 14.2 Å². The van der Waals surface area contributed by atoms with Crippen molar-refractivity contribution in [1.29, 1.82) is 0 Å². The molecule has 3 rings (SSSR count). The molecule has 0 aliphatic carbocycles. The second-order valence-electron chi connectivity index (χ2n) is 6.01. The van der Waals surface area contributed by atoms with Gasteiger partial charge < -0.3 is 21.3 Å². The Hall–Kier alpha value is -3.65. The average molecular weight is 367 g/mol. The third kappa shape index (κ3) is 3.80. The number of aromatic nitrogens is 1. The summed E-state index contributed by atoms with van der Waals surface area (Å²) in [5.41, 5.74) is 7.12. The number of carbonyl (C=O) groups is 3. The summed E-state index contributed by atoms with van der Waals surface area (Å²) in [5, 5.41) is 21.5. The standard InChI is InChI=1S/C19H17N3O5/c20-14(8-11-4-2-1-3-5-11)17(23)21-13-6-7-15-12(9-13)10-16(18(24)25)22(15)19(26)27/h1-7,9-10,14H,8,20H2,(H,21,23)(H,24,25)(H,26,27)/t14-/m0/s1. The SMILES string of the molecule is N[C@@H](Cc1ccccc1)C(=O)Nc1ccc2c(c1)cc(C(=O)O)n2C(=O)O. The van der Waals surface area contributed by atoms with Crippen molar-refractivity contribution >= 4 is 34.6 Å². The molecule has 0 spiro atoms. The van der Waals surface area contributed by atoms with Crippen molar-refractivity contribution in [2.45, 2.75) is 12.5 Å². The van der Waals surface area contributed by atoms with Crippen molar-refractivity contribution in [3.63, 3.8) is 0 Å². The Bertz CT molecular complexity index is 1030. The van der Waals surface area contributed by atoms with Crippen LogP contribution in [0.2, 0.25) is 0 Å². The van der Waals surface area contributed by atoms with Gasteiger partial charge >= 0.3 is 12.1 Å². The lowest BCUT2D eigenvalue weighted by molar-refractivity contribution is -0.117. The third-order valence-electron chi connectivity index (χ3n) is 4.11. The number of fused-ring (bicyclic) bond motifs is 1. The number of aromatic carboxylic acids is 1. The molecular weight excluding hydrogens is 350 g/mol. The van der Waals surface area contributed by atoms with Crippen LogP contribution < -0.4 is 11.1 Å². The molecule has 0 saturated carbocycles. The number of carboxylic acids is 1. The molecule has 2 aromatic carbocycles. The molecule has 8 heteroatoms. The van der Waals surface area contributed by atoms with Crippen LogP contribution in [0.4, 0.5) is 10.5 Å². The molecule has 0 bridgehead atoms. The van der Waals surface area contributed by atoms with Gasteiger partial charge in [0.25, 0.3) is 0 Å². The maximum absolute atomic E-state index is 12.3. The molecule has 0 saturated heterocycles. The largest absolute Gasteiger partial charge is 0.477 e. The molecule has 3 aromatic rings. The van der Waals surface area contributed by atoms with Gasteiger partial charge in [-0.3, -0.25) is 4.79 Å². The first-order chi connectivity index (χ1) is 12.9. The van der Waals surface area contributed by atoms with Crippen molar-refractivity contribution in [3.05, 3.63) is 65.9 Å². The van der Waals surface area contributed by atoms with E-state index in [-0.39, 0.29) is 11.2 Å². The fourth-order valence-corrected chi connectivity index (χ4v) is 2.85. The van der Waals surface area contributed by atoms with Gasteiger partial charge in [-0.15, -0.1) is 0 Å². The topological polar surface area (TPSA) is 135 Å². The summed E-state index contributed by atoms with van der Waals surface area (Å²) in [7, 11) is 0. The van der Waals surface area contributed by atoms with E-state index in [1.807, 2.05) is 30.3 Å². The smallest absolute Gasteiger partial charge is 0.416 e. The lowest BCUT2D eigenvalue weighted by Gasteiger charge is -2.12. The van der Waals surface area contributed by atoms with Crippen LogP contribution >= 0.6 is 0 Å². The van der Waals surface area contributed by atoms with E-state index in [4.69, 9.17) is 5.73 Å². The lowest BCUT2D eigenvalue weighted by atomic mass is 10.1. The predicted molar refractivity (Wildman–Crippen MR) is 99.1 cm³/mol. The van der Waals surface area contributed by atoms with E-state index in [9.17, 15) is 24.6 Å². The number of hydrogen-bond acceptors (Lipinski definition) is 4. The van der Waals surface area contributed by atoms with E-state index in [0.717, 1.165) is 5.56 Å². The zero-order valence-corrected chi connectivity index (χ0v) is 14.1. The Morgan fingerprint density at radius 3 is 2.37 bits per heavy atom. The summed E-state index contributed by atoms with van der Waals surface area (Å²) in [6.45, 7) is 0. The van der Waals surface area contributed by atoms with Crippen molar-refractivity contribution < 1.29 is 24.6 Å². The van der Waals surface area contributed by atoms with Crippen LogP contribution in [0.25, 0.3) is 10.9 Å². The predicted octanol–water partition coefficient (Wildman–Crippen LogP) is 2.37. The quantitative estimate of drug-likeness (QED) is 0.547. The molecule has 1 heterocycles. The van der Waals surface area contributed by atoms with E-state index < -0.39 is 24.0 Å². The summed E-state index contributed by atoms with van der Waals surface area (Å²) in [4.78, 5) is 34.9. The zero-order valence-electron chi connectivity index (χ0n) is 14.1. The fraction of sp³-hybridized carbons (Fsp3) is 0.105. The number of carboxylic acid groups (broad SMARTS) is 2. The lowest BCUT2D eigenvalue weighted by Crippen LogP contribution is -2.37. The minimum Gasteiger partial charge on any atom is -0.477 e. The van der Waals surface area contributed by atoms with Gasteiger partial charge in [0.2, 0.25) is 5.91 Å². The van der Waals surface area contributed by atoms with Crippen LogP contribution in [0.1, 0.15) is 16.1 Å². The molecule has 0 unspecified atom stereocenters. The van der Waals surface area contributed by atoms with Crippen LogP contribution in [0, 0.1) is 0 Å². The highest BCUT2D eigenvalue weighted by atomic mass is 16.4. The Morgan fingerprint density at radius 1 is 1.04 bits per heavy atom. The van der Waals surface area contributed by atoms with Crippen molar-refractivity contribution in [2.24, 2.45) is 5.73 Å². The number of nitrogens with two attached hydrogens (primary N) is 1. The van der Waals surface area contributed by atoms with Crippen molar-refractivity contribution in [1.82, 2.24) is 4.57 Å². The molecular formula is C19H17N3O5. The number of rotatable bonds is 5. The van der Waals surface area contributed by atoms with Crippen molar-refractivity contribution in [2.75, 3.05) is 5.32 Å². The van der Waals surface area contributed by atoms with Crippen molar-refractivity contribution in [3.8, 4) is 0 Å². The van der Waals surface area contributed by atoms with Crippen LogP contribution in [-0.2, 0) is 11.2 Å². The molecule has 1 aromatic heterocycles. The van der Waals surface area contributed by atoms with Gasteiger partial charge in [-0.05, 0) is 36.2 Å². The van der Waals surface area contributed by atoms with Gasteiger partial charge in [-0.2, -0.15) is 0 Å². The first-order valence-electron chi connectivity index (χ1n) is 8.09. The van der Waals surface area contributed by atoms with Crippen LogP contribution in [0.3, 0.4) is 0 Å². The number of hydrogen-bond donors (Lipinski definition) is 4. The fourth-order valence-electron chi connectivity index (χ4n) is 2.85. The molecule has 0 aliphatic rings. The number of anilines is 1. The first-order valence-corrected chi connectivity index (χ1v) is 8.09. The summed E-state index contributed by atoms with van der Waals surface area (Å²) in [5.74, 6) is -1.75. The molecule has 0 radical (unpaired) electrons. The Kier molecular flexibility index (Phi) is 4.91. The van der Waals surface area contributed by atoms with Gasteiger partial charge in [0.05, 0.1) is 11.6 Å². The molecule has 1 amide bonds. The van der Waals surface area contributed by atoms with Gasteiger partial charge in [-0.1, -0.05) is 30.3 Å². The molecule has 8 nitrogen and oxygen atoms in total. The summed E-state index contributed by atoms with van der Waals surface area (Å²) >= 11 is 0. The maximum atomic E-state index is 12.3. The average Bonchev–Trinajstić information content (AvgIpc) is 3.01. The Labute approximate surface area is 153 Å². The molecule has 1 atom stereocenters. The molecule has 0 fully saturated rings. The Balaban J connectivity index is 1.82. The highest BCUT2D eigenvalue weighted by molar-refractivity contribution is 6.02.